The van der Waals surface area contributed by atoms with Crippen LogP contribution in [0, 0.1) is 6.26 Å². The average molecular weight is 188 g/mol. The van der Waals surface area contributed by atoms with Crippen LogP contribution in [0.15, 0.2) is 16.5 Å². The first-order valence-electron chi connectivity index (χ1n) is 1.98. The van der Waals surface area contributed by atoms with Crippen LogP contribution >= 0.6 is 0 Å². The van der Waals surface area contributed by atoms with Gasteiger partial charge in [-0.15, -0.1) is 6.07 Å². The van der Waals surface area contributed by atoms with Crippen LogP contribution in [0.5, 0.6) is 0 Å². The first-order chi connectivity index (χ1) is 3.80. The van der Waals surface area contributed by atoms with Crippen molar-refractivity contribution in [1.29, 1.82) is 0 Å². The number of rotatable bonds is 1. The molecular formula is C5H2K2O3. The fraction of sp³-hybridized carbons (Fsp3) is 0. The number of carbonyl (C=O) groups excluding carboxylic acids is 1. The number of hydrogen-bond donors (Lipinski definition) is 0. The molecule has 0 aliphatic carbocycles. The molecule has 0 saturated carbocycles. The molecule has 1 heterocycles. The maximum atomic E-state index is 9.84. The Labute approximate surface area is 143 Å². The van der Waals surface area contributed by atoms with E-state index in [4.69, 9.17) is 0 Å². The van der Waals surface area contributed by atoms with E-state index in [1.165, 1.54) is 12.1 Å². The van der Waals surface area contributed by atoms with E-state index >= 15 is 0 Å². The van der Waals surface area contributed by atoms with E-state index in [0.29, 0.717) is 0 Å². The molecule has 10 heavy (non-hydrogen) atoms. The van der Waals surface area contributed by atoms with Gasteiger partial charge >= 0.3 is 103 Å². The normalized spacial score (nSPS) is 7.20. The molecule has 0 aliphatic heterocycles. The second-order valence-electron chi connectivity index (χ2n) is 1.20. The zero-order valence-corrected chi connectivity index (χ0v) is 12.1. The summed E-state index contributed by atoms with van der Waals surface area (Å²) in [6, 6.07) is 2.64. The van der Waals surface area contributed by atoms with Crippen LogP contribution < -0.4 is 108 Å². The van der Waals surface area contributed by atoms with Crippen molar-refractivity contribution in [2.45, 2.75) is 0 Å². The van der Waals surface area contributed by atoms with E-state index in [1.54, 1.807) is 0 Å². The van der Waals surface area contributed by atoms with E-state index in [2.05, 4.69) is 10.7 Å². The van der Waals surface area contributed by atoms with E-state index in [1.807, 2.05) is 0 Å². The van der Waals surface area contributed by atoms with Crippen LogP contribution in [-0.2, 0) is 0 Å². The second-order valence-corrected chi connectivity index (χ2v) is 1.20. The predicted molar refractivity (Wildman–Crippen MR) is 21.9 cm³/mol. The van der Waals surface area contributed by atoms with Crippen LogP contribution in [-0.4, -0.2) is 5.97 Å². The Bertz CT molecular complexity index is 183. The smallest absolute Gasteiger partial charge is 0.590 e. The van der Waals surface area contributed by atoms with Gasteiger partial charge < -0.3 is 14.3 Å². The van der Waals surface area contributed by atoms with Gasteiger partial charge in [0.15, 0.2) is 0 Å². The second kappa shape index (κ2) is 7.66. The number of carboxylic acid groups (broad SMARTS) is 1. The van der Waals surface area contributed by atoms with Gasteiger partial charge in [-0.25, -0.2) is 0 Å². The Kier molecular flexibility index (Phi) is 11.1. The summed E-state index contributed by atoms with van der Waals surface area (Å²) in [5.74, 6) is -1.50. The molecule has 1 rings (SSSR count). The topological polar surface area (TPSA) is 53.3 Å². The number of aromatic carboxylic acids is 1. The van der Waals surface area contributed by atoms with Crippen molar-refractivity contribution in [3.05, 3.63) is 24.2 Å². The van der Waals surface area contributed by atoms with Crippen molar-refractivity contribution in [2.75, 3.05) is 0 Å². The van der Waals surface area contributed by atoms with Crippen molar-refractivity contribution < 1.29 is 117 Å². The molecule has 1 aromatic heterocycles. The molecule has 0 atom stereocenters. The summed E-state index contributed by atoms with van der Waals surface area (Å²) >= 11 is 0. The molecule has 42 valence electrons. The zero-order valence-electron chi connectivity index (χ0n) is 5.88. The fourth-order valence-corrected chi connectivity index (χ4v) is 0.351. The predicted octanol–water partition coefficient (Wildman–Crippen LogP) is -6.55. The molecule has 0 saturated heterocycles. The molecule has 0 N–H and O–H groups in total. The first-order valence-corrected chi connectivity index (χ1v) is 1.98. The Morgan fingerprint density at radius 2 is 2.20 bits per heavy atom. The standard InChI is InChI=1S/C5H3O3.2K/c6-5(7)4-2-1-3-8-4;;/h1-2H,(H,6,7);;/q-1;2*+1/p-1. The van der Waals surface area contributed by atoms with Crippen LogP contribution in [0.25, 0.3) is 0 Å². The summed E-state index contributed by atoms with van der Waals surface area (Å²) < 4.78 is 4.31. The Morgan fingerprint density at radius 3 is 2.40 bits per heavy atom. The van der Waals surface area contributed by atoms with Gasteiger partial charge in [-0.1, -0.05) is 0 Å². The molecule has 0 spiro atoms. The van der Waals surface area contributed by atoms with Gasteiger partial charge in [0.1, 0.15) is 0 Å². The van der Waals surface area contributed by atoms with Gasteiger partial charge in [0, 0.05) is 5.97 Å². The van der Waals surface area contributed by atoms with Crippen LogP contribution in [0.2, 0.25) is 0 Å². The van der Waals surface area contributed by atoms with Gasteiger partial charge in [0.05, 0.1) is 0 Å². The van der Waals surface area contributed by atoms with E-state index in [9.17, 15) is 9.90 Å². The van der Waals surface area contributed by atoms with Gasteiger partial charge in [0.25, 0.3) is 0 Å². The van der Waals surface area contributed by atoms with Crippen LogP contribution in [0.4, 0.5) is 0 Å². The van der Waals surface area contributed by atoms with Crippen molar-refractivity contribution in [3.8, 4) is 0 Å². The van der Waals surface area contributed by atoms with Gasteiger partial charge in [0.2, 0.25) is 0 Å². The molecular weight excluding hydrogens is 186 g/mol. The molecule has 0 aromatic carbocycles. The minimum atomic E-state index is -1.31. The summed E-state index contributed by atoms with van der Waals surface area (Å²) in [6.45, 7) is 0. The Hall–Kier alpha value is 2.02. The van der Waals surface area contributed by atoms with Crippen molar-refractivity contribution in [3.63, 3.8) is 0 Å². The van der Waals surface area contributed by atoms with Crippen molar-refractivity contribution >= 4 is 5.97 Å². The number of furan rings is 1. The first kappa shape index (κ1) is 14.5. The van der Waals surface area contributed by atoms with Crippen molar-refractivity contribution in [2.24, 2.45) is 0 Å². The number of carboxylic acids is 1. The monoisotopic (exact) mass is 188 g/mol. The Morgan fingerprint density at radius 1 is 1.60 bits per heavy atom. The van der Waals surface area contributed by atoms with E-state index in [0.717, 1.165) is 0 Å². The van der Waals surface area contributed by atoms with Gasteiger partial charge in [-0.05, 0) is 12.0 Å². The molecule has 0 unspecified atom stereocenters. The summed E-state index contributed by atoms with van der Waals surface area (Å²) in [5, 5.41) is 9.84. The zero-order chi connectivity index (χ0) is 5.98. The van der Waals surface area contributed by atoms with Crippen molar-refractivity contribution in [1.82, 2.24) is 0 Å². The third kappa shape index (κ3) is 4.81. The molecule has 5 heteroatoms. The molecule has 0 bridgehead atoms. The minimum absolute atomic E-state index is 0. The quantitative estimate of drug-likeness (QED) is 0.325. The van der Waals surface area contributed by atoms with Crippen LogP contribution in [0.1, 0.15) is 10.6 Å². The maximum Gasteiger partial charge on any atom is 1.00 e. The molecule has 3 nitrogen and oxygen atoms in total. The van der Waals surface area contributed by atoms with Gasteiger partial charge in [-0.2, -0.15) is 6.07 Å². The fourth-order valence-electron chi connectivity index (χ4n) is 0.351. The molecule has 0 radical (unpaired) electrons. The van der Waals surface area contributed by atoms with E-state index < -0.39 is 5.97 Å². The molecule has 0 fully saturated rings. The summed E-state index contributed by atoms with van der Waals surface area (Å²) in [7, 11) is 0. The number of carbonyl (C=O) groups is 1. The SMILES string of the molecule is O=C([O-])c1cc[c-]o1.[K+].[K+]. The molecule has 1 aromatic rings. The summed E-state index contributed by atoms with van der Waals surface area (Å²) in [6.07, 6.45) is 2.22. The maximum absolute atomic E-state index is 9.84. The summed E-state index contributed by atoms with van der Waals surface area (Å²) in [5.41, 5.74) is 0. The molecule has 0 amide bonds. The summed E-state index contributed by atoms with van der Waals surface area (Å²) in [4.78, 5) is 9.84. The molecule has 0 aliphatic rings. The minimum Gasteiger partial charge on any atom is -0.590 e. The average Bonchev–Trinajstić information content (AvgIpc) is 2.12. The largest absolute Gasteiger partial charge is 1.00 e. The third-order valence-corrected chi connectivity index (χ3v) is 0.673. The van der Waals surface area contributed by atoms with Crippen LogP contribution in [0.3, 0.4) is 0 Å². The van der Waals surface area contributed by atoms with Gasteiger partial charge in [-0.3, -0.25) is 0 Å². The van der Waals surface area contributed by atoms with E-state index in [-0.39, 0.29) is 109 Å². The Balaban J connectivity index is 0. The number of hydrogen-bond acceptors (Lipinski definition) is 3. The third-order valence-electron chi connectivity index (χ3n) is 0.673.